The van der Waals surface area contributed by atoms with Gasteiger partial charge in [0.25, 0.3) is 0 Å². The fourth-order valence-corrected chi connectivity index (χ4v) is 3.63. The van der Waals surface area contributed by atoms with Gasteiger partial charge in [0.1, 0.15) is 11.8 Å². The Labute approximate surface area is 127 Å². The van der Waals surface area contributed by atoms with Crippen molar-refractivity contribution in [3.8, 4) is 0 Å². The van der Waals surface area contributed by atoms with E-state index < -0.39 is 11.8 Å². The van der Waals surface area contributed by atoms with Gasteiger partial charge in [0, 0.05) is 12.5 Å². The zero-order valence-corrected chi connectivity index (χ0v) is 13.6. The molecule has 2 amide bonds. The molecule has 1 aliphatic heterocycles. The van der Waals surface area contributed by atoms with Gasteiger partial charge in [-0.1, -0.05) is 20.3 Å². The number of amides is 2. The van der Waals surface area contributed by atoms with Crippen LogP contribution in [-0.4, -0.2) is 41.1 Å². The summed E-state index contributed by atoms with van der Waals surface area (Å²) in [5.41, 5.74) is -0.552. The highest BCUT2D eigenvalue weighted by Crippen LogP contribution is 2.42. The highest BCUT2D eigenvalue weighted by atomic mass is 16.5. The van der Waals surface area contributed by atoms with Crippen LogP contribution in [0.15, 0.2) is 0 Å². The molecule has 1 saturated heterocycles. The van der Waals surface area contributed by atoms with Gasteiger partial charge in [0.2, 0.25) is 11.8 Å². The van der Waals surface area contributed by atoms with Crippen LogP contribution in [0.2, 0.25) is 0 Å². The van der Waals surface area contributed by atoms with Crippen LogP contribution >= 0.6 is 0 Å². The van der Waals surface area contributed by atoms with Crippen molar-refractivity contribution in [1.29, 1.82) is 0 Å². The van der Waals surface area contributed by atoms with E-state index in [9.17, 15) is 9.59 Å². The van der Waals surface area contributed by atoms with Gasteiger partial charge in [-0.2, -0.15) is 0 Å². The smallest absolute Gasteiger partial charge is 0.245 e. The van der Waals surface area contributed by atoms with Gasteiger partial charge < -0.3 is 10.1 Å². The van der Waals surface area contributed by atoms with Gasteiger partial charge in [-0.05, 0) is 39.0 Å². The van der Waals surface area contributed by atoms with Crippen LogP contribution in [0.25, 0.3) is 0 Å². The molecule has 0 unspecified atom stereocenters. The number of hydrogen-bond donors (Lipinski definition) is 1. The van der Waals surface area contributed by atoms with E-state index in [-0.39, 0.29) is 17.9 Å². The normalized spacial score (nSPS) is 32.7. The molecule has 2 rings (SSSR count). The number of nitrogens with one attached hydrogen (secondary N) is 1. The monoisotopic (exact) mass is 296 g/mol. The molecule has 1 N–H and O–H groups in total. The summed E-state index contributed by atoms with van der Waals surface area (Å²) in [5, 5.41) is 2.91. The summed E-state index contributed by atoms with van der Waals surface area (Å²) in [6.45, 7) is 8.21. The predicted molar refractivity (Wildman–Crippen MR) is 80.5 cm³/mol. The van der Waals surface area contributed by atoms with Crippen LogP contribution < -0.4 is 5.32 Å². The van der Waals surface area contributed by atoms with Crippen molar-refractivity contribution in [3.05, 3.63) is 0 Å². The molecular weight excluding hydrogens is 268 g/mol. The van der Waals surface area contributed by atoms with E-state index in [1.807, 2.05) is 20.8 Å². The standard InChI is InChI=1S/C16H28N2O3/c1-5-14(19)18-13(15(20)17-11(2)3)10-21-16(18)8-6-7-12(4)9-16/h11-13H,5-10H2,1-4H3,(H,17,20)/t12-,13+,16+/m0/s1. The van der Waals surface area contributed by atoms with Crippen molar-refractivity contribution in [2.45, 2.75) is 77.6 Å². The number of hydrogen-bond acceptors (Lipinski definition) is 3. The second-order valence-corrected chi connectivity index (χ2v) is 6.76. The second kappa shape index (κ2) is 6.34. The van der Waals surface area contributed by atoms with Crippen LogP contribution in [0.3, 0.4) is 0 Å². The minimum absolute atomic E-state index is 0.0190. The molecule has 120 valence electrons. The van der Waals surface area contributed by atoms with Crippen molar-refractivity contribution in [1.82, 2.24) is 10.2 Å². The Bertz CT molecular complexity index is 408. The summed E-state index contributed by atoms with van der Waals surface area (Å²) in [5.74, 6) is 0.449. The van der Waals surface area contributed by atoms with E-state index in [0.717, 1.165) is 19.3 Å². The number of ether oxygens (including phenoxy) is 1. The Morgan fingerprint density at radius 2 is 2.14 bits per heavy atom. The van der Waals surface area contributed by atoms with E-state index >= 15 is 0 Å². The second-order valence-electron chi connectivity index (χ2n) is 6.76. The third-order valence-electron chi connectivity index (χ3n) is 4.50. The number of carbonyl (C=O) groups excluding carboxylic acids is 2. The fourth-order valence-electron chi connectivity index (χ4n) is 3.63. The van der Waals surface area contributed by atoms with Crippen LogP contribution in [0.1, 0.15) is 59.8 Å². The van der Waals surface area contributed by atoms with E-state index in [0.29, 0.717) is 18.9 Å². The summed E-state index contributed by atoms with van der Waals surface area (Å²) in [4.78, 5) is 26.6. The van der Waals surface area contributed by atoms with Crippen molar-refractivity contribution in [2.75, 3.05) is 6.61 Å². The molecule has 5 nitrogen and oxygen atoms in total. The maximum Gasteiger partial charge on any atom is 0.245 e. The molecule has 0 aromatic heterocycles. The fraction of sp³-hybridized carbons (Fsp3) is 0.875. The minimum Gasteiger partial charge on any atom is -0.353 e. The minimum atomic E-state index is -0.552. The molecule has 3 atom stereocenters. The molecule has 1 spiro atoms. The first-order valence-electron chi connectivity index (χ1n) is 8.16. The van der Waals surface area contributed by atoms with Crippen molar-refractivity contribution < 1.29 is 14.3 Å². The zero-order chi connectivity index (χ0) is 15.6. The van der Waals surface area contributed by atoms with Crippen molar-refractivity contribution >= 4 is 11.8 Å². The average Bonchev–Trinajstić information content (AvgIpc) is 2.75. The average molecular weight is 296 g/mol. The zero-order valence-electron chi connectivity index (χ0n) is 13.6. The quantitative estimate of drug-likeness (QED) is 0.867. The molecule has 1 saturated carbocycles. The predicted octanol–water partition coefficient (Wildman–Crippen LogP) is 2.05. The third-order valence-corrected chi connectivity index (χ3v) is 4.50. The Morgan fingerprint density at radius 1 is 1.43 bits per heavy atom. The Kier molecular flexibility index (Phi) is 4.91. The van der Waals surface area contributed by atoms with Gasteiger partial charge >= 0.3 is 0 Å². The summed E-state index contributed by atoms with van der Waals surface area (Å²) in [6, 6.07) is -0.414. The topological polar surface area (TPSA) is 58.6 Å². The highest BCUT2D eigenvalue weighted by Gasteiger charge is 2.53. The molecule has 21 heavy (non-hydrogen) atoms. The lowest BCUT2D eigenvalue weighted by Gasteiger charge is -2.43. The maximum atomic E-state index is 12.5. The number of nitrogens with zero attached hydrogens (tertiary/aromatic N) is 1. The molecule has 1 aliphatic carbocycles. The lowest BCUT2D eigenvalue weighted by molar-refractivity contribution is -0.162. The summed E-state index contributed by atoms with van der Waals surface area (Å²) in [6.07, 6.45) is 4.30. The first kappa shape index (κ1) is 16.3. The number of carbonyl (C=O) groups is 2. The maximum absolute atomic E-state index is 12.5. The van der Waals surface area contributed by atoms with Crippen LogP contribution in [0.5, 0.6) is 0 Å². The Hall–Kier alpha value is -1.10. The molecule has 0 aromatic carbocycles. The van der Waals surface area contributed by atoms with Gasteiger partial charge in [0.15, 0.2) is 0 Å². The van der Waals surface area contributed by atoms with Crippen LogP contribution in [-0.2, 0) is 14.3 Å². The molecule has 0 bridgehead atoms. The molecule has 2 fully saturated rings. The van der Waals surface area contributed by atoms with Gasteiger partial charge in [0.05, 0.1) is 6.61 Å². The Morgan fingerprint density at radius 3 is 2.71 bits per heavy atom. The van der Waals surface area contributed by atoms with Crippen LogP contribution in [0.4, 0.5) is 0 Å². The van der Waals surface area contributed by atoms with E-state index in [4.69, 9.17) is 4.74 Å². The van der Waals surface area contributed by atoms with Gasteiger partial charge in [-0.15, -0.1) is 0 Å². The molecular formula is C16H28N2O3. The lowest BCUT2D eigenvalue weighted by atomic mass is 9.83. The lowest BCUT2D eigenvalue weighted by Crippen LogP contribution is -2.57. The molecule has 2 aliphatic rings. The third kappa shape index (κ3) is 3.23. The largest absolute Gasteiger partial charge is 0.353 e. The summed E-state index contributed by atoms with van der Waals surface area (Å²) in [7, 11) is 0. The SMILES string of the molecule is CCC(=O)N1[C@@H](C(=O)NC(C)C)CO[C@@]12CCC[C@H](C)C2. The van der Waals surface area contributed by atoms with Gasteiger partial charge in [-0.3, -0.25) is 14.5 Å². The van der Waals surface area contributed by atoms with Gasteiger partial charge in [-0.25, -0.2) is 0 Å². The van der Waals surface area contributed by atoms with E-state index in [1.54, 1.807) is 4.90 Å². The highest BCUT2D eigenvalue weighted by molar-refractivity contribution is 5.88. The molecule has 1 heterocycles. The molecule has 5 heteroatoms. The first-order valence-corrected chi connectivity index (χ1v) is 8.16. The molecule has 0 aromatic rings. The van der Waals surface area contributed by atoms with E-state index in [2.05, 4.69) is 12.2 Å². The Balaban J connectivity index is 2.23. The van der Waals surface area contributed by atoms with Crippen molar-refractivity contribution in [2.24, 2.45) is 5.92 Å². The summed E-state index contributed by atoms with van der Waals surface area (Å²) >= 11 is 0. The molecule has 0 radical (unpaired) electrons. The summed E-state index contributed by atoms with van der Waals surface area (Å²) < 4.78 is 6.05. The first-order chi connectivity index (χ1) is 9.89. The van der Waals surface area contributed by atoms with E-state index in [1.165, 1.54) is 6.42 Å². The van der Waals surface area contributed by atoms with Crippen LogP contribution in [0, 0.1) is 5.92 Å². The number of rotatable bonds is 3. The van der Waals surface area contributed by atoms with Crippen molar-refractivity contribution in [3.63, 3.8) is 0 Å².